The Hall–Kier alpha value is -4.17. The normalized spacial score (nSPS) is 11.4. The summed E-state index contributed by atoms with van der Waals surface area (Å²) in [5.41, 5.74) is 4.33. The van der Waals surface area contributed by atoms with E-state index >= 15 is 0 Å². The van der Waals surface area contributed by atoms with E-state index in [1.54, 1.807) is 29.2 Å². The van der Waals surface area contributed by atoms with Crippen molar-refractivity contribution < 1.29 is 13.9 Å². The van der Waals surface area contributed by atoms with E-state index in [-0.39, 0.29) is 0 Å². The molecule has 0 aliphatic heterocycles. The van der Waals surface area contributed by atoms with Gasteiger partial charge in [0.05, 0.1) is 19.0 Å². The summed E-state index contributed by atoms with van der Waals surface area (Å²) in [6.07, 6.45) is 3.67. The first-order valence-corrected chi connectivity index (χ1v) is 11.6. The molecule has 0 saturated carbocycles. The third-order valence-corrected chi connectivity index (χ3v) is 6.36. The quantitative estimate of drug-likeness (QED) is 0.291. The second-order valence-electron chi connectivity index (χ2n) is 7.81. The average Bonchev–Trinajstić information content (AvgIpc) is 3.55. The number of fused-ring (bicyclic) bond motifs is 2. The van der Waals surface area contributed by atoms with Crippen LogP contribution in [-0.4, -0.2) is 26.7 Å². The molecule has 2 aromatic carbocycles. The zero-order chi connectivity index (χ0) is 23.1. The van der Waals surface area contributed by atoms with Crippen molar-refractivity contribution in [3.63, 3.8) is 0 Å². The molecular formula is C26H20N4O3S. The summed E-state index contributed by atoms with van der Waals surface area (Å²) < 4.78 is 19.6. The Bertz CT molecular complexity index is 1590. The number of pyridine rings is 1. The lowest BCUT2D eigenvalue weighted by molar-refractivity contribution is 0.307. The van der Waals surface area contributed by atoms with E-state index in [9.17, 15) is 0 Å². The minimum Gasteiger partial charge on any atom is -0.497 e. The van der Waals surface area contributed by atoms with Crippen LogP contribution in [0.2, 0.25) is 0 Å². The number of rotatable bonds is 6. The highest BCUT2D eigenvalue weighted by molar-refractivity contribution is 7.16. The maximum Gasteiger partial charge on any atom is 0.212 e. The molecule has 0 amide bonds. The van der Waals surface area contributed by atoms with E-state index in [1.807, 2.05) is 73.8 Å². The first-order valence-electron chi connectivity index (χ1n) is 10.7. The standard InChI is InChI=1S/C26H20N4O3S/c1-16-29-30-14-23(28-26(30)34-16)25-13-21-18(11-20(31-2)12-24(21)33-25)15-32-19-7-5-6-17(10-19)22-8-3-4-9-27-22/h3-14H,15H2,1-2H3. The van der Waals surface area contributed by atoms with Gasteiger partial charge in [-0.15, -0.1) is 0 Å². The molecule has 168 valence electrons. The Morgan fingerprint density at radius 1 is 1.00 bits per heavy atom. The molecule has 0 spiro atoms. The fourth-order valence-electron chi connectivity index (χ4n) is 3.91. The summed E-state index contributed by atoms with van der Waals surface area (Å²) in [5.74, 6) is 2.15. The van der Waals surface area contributed by atoms with Crippen molar-refractivity contribution in [2.75, 3.05) is 7.11 Å². The van der Waals surface area contributed by atoms with Gasteiger partial charge in [-0.1, -0.05) is 29.5 Å². The monoisotopic (exact) mass is 468 g/mol. The van der Waals surface area contributed by atoms with Crippen LogP contribution in [0.4, 0.5) is 0 Å². The molecule has 0 fully saturated rings. The molecule has 0 bridgehead atoms. The number of aromatic nitrogens is 4. The van der Waals surface area contributed by atoms with Crippen molar-refractivity contribution in [2.24, 2.45) is 0 Å². The van der Waals surface area contributed by atoms with E-state index < -0.39 is 0 Å². The van der Waals surface area contributed by atoms with Crippen molar-refractivity contribution in [2.45, 2.75) is 13.5 Å². The van der Waals surface area contributed by atoms with Crippen LogP contribution in [0.15, 0.2) is 77.5 Å². The molecular weight excluding hydrogens is 448 g/mol. The van der Waals surface area contributed by atoms with Gasteiger partial charge in [0.2, 0.25) is 4.96 Å². The number of imidazole rings is 1. The molecule has 7 nitrogen and oxygen atoms in total. The topological polar surface area (TPSA) is 74.7 Å². The van der Waals surface area contributed by atoms with Crippen LogP contribution < -0.4 is 9.47 Å². The highest BCUT2D eigenvalue weighted by Gasteiger charge is 2.16. The zero-order valence-corrected chi connectivity index (χ0v) is 19.4. The lowest BCUT2D eigenvalue weighted by Crippen LogP contribution is -1.97. The molecule has 0 N–H and O–H groups in total. The predicted molar refractivity (Wildman–Crippen MR) is 131 cm³/mol. The van der Waals surface area contributed by atoms with Gasteiger partial charge in [0.15, 0.2) is 5.76 Å². The molecule has 0 radical (unpaired) electrons. The summed E-state index contributed by atoms with van der Waals surface area (Å²) in [7, 11) is 1.64. The van der Waals surface area contributed by atoms with Crippen LogP contribution in [0.5, 0.6) is 11.5 Å². The lowest BCUT2D eigenvalue weighted by Gasteiger charge is -2.10. The summed E-state index contributed by atoms with van der Waals surface area (Å²) in [6.45, 7) is 2.32. The third kappa shape index (κ3) is 3.78. The van der Waals surface area contributed by atoms with Gasteiger partial charge >= 0.3 is 0 Å². The van der Waals surface area contributed by atoms with Crippen LogP contribution in [0.1, 0.15) is 10.6 Å². The molecule has 0 aliphatic carbocycles. The Balaban J connectivity index is 1.32. The fourth-order valence-corrected chi connectivity index (χ4v) is 4.63. The SMILES string of the molecule is COc1cc(COc2cccc(-c3ccccn3)c2)c2cc(-c3cn4nc(C)sc4n3)oc2c1. The van der Waals surface area contributed by atoms with E-state index in [0.717, 1.165) is 49.2 Å². The van der Waals surface area contributed by atoms with Gasteiger partial charge in [0, 0.05) is 28.8 Å². The smallest absolute Gasteiger partial charge is 0.212 e. The Kier molecular flexibility index (Phi) is 5.00. The fraction of sp³-hybridized carbons (Fsp3) is 0.115. The second-order valence-corrected chi connectivity index (χ2v) is 8.97. The predicted octanol–water partition coefficient (Wildman–Crippen LogP) is 6.16. The summed E-state index contributed by atoms with van der Waals surface area (Å²) in [6, 6.07) is 19.6. The molecule has 4 heterocycles. The second kappa shape index (κ2) is 8.31. The summed E-state index contributed by atoms with van der Waals surface area (Å²) >= 11 is 1.54. The average molecular weight is 469 g/mol. The van der Waals surface area contributed by atoms with E-state index in [1.165, 1.54) is 0 Å². The number of benzene rings is 2. The van der Waals surface area contributed by atoms with Gasteiger partial charge in [-0.25, -0.2) is 9.50 Å². The van der Waals surface area contributed by atoms with Crippen molar-refractivity contribution in [3.05, 3.63) is 83.6 Å². The molecule has 0 aliphatic rings. The lowest BCUT2D eigenvalue weighted by atomic mass is 10.1. The molecule has 8 heteroatoms. The van der Waals surface area contributed by atoms with Crippen molar-refractivity contribution in [1.82, 2.24) is 19.6 Å². The van der Waals surface area contributed by atoms with Crippen LogP contribution in [-0.2, 0) is 6.61 Å². The van der Waals surface area contributed by atoms with Gasteiger partial charge in [0.1, 0.15) is 34.4 Å². The number of methoxy groups -OCH3 is 1. The molecule has 4 aromatic heterocycles. The van der Waals surface area contributed by atoms with Crippen LogP contribution in [0, 0.1) is 6.92 Å². The highest BCUT2D eigenvalue weighted by Crippen LogP contribution is 2.34. The molecule has 6 aromatic rings. The maximum absolute atomic E-state index is 6.17. The van der Waals surface area contributed by atoms with Gasteiger partial charge in [-0.05, 0) is 43.3 Å². The minimum atomic E-state index is 0.359. The number of hydrogen-bond donors (Lipinski definition) is 0. The van der Waals surface area contributed by atoms with Crippen molar-refractivity contribution in [3.8, 4) is 34.2 Å². The highest BCUT2D eigenvalue weighted by atomic mass is 32.1. The van der Waals surface area contributed by atoms with E-state index in [4.69, 9.17) is 13.9 Å². The van der Waals surface area contributed by atoms with Crippen molar-refractivity contribution in [1.29, 1.82) is 0 Å². The van der Waals surface area contributed by atoms with Crippen LogP contribution >= 0.6 is 11.3 Å². The first-order chi connectivity index (χ1) is 16.7. The number of ether oxygens (including phenoxy) is 2. The number of hydrogen-bond acceptors (Lipinski definition) is 7. The Labute approximate surface area is 199 Å². The van der Waals surface area contributed by atoms with Gasteiger partial charge in [-0.2, -0.15) is 5.10 Å². The largest absolute Gasteiger partial charge is 0.497 e. The molecule has 0 unspecified atom stereocenters. The Morgan fingerprint density at radius 3 is 2.76 bits per heavy atom. The third-order valence-electron chi connectivity index (χ3n) is 5.52. The number of nitrogens with zero attached hydrogens (tertiary/aromatic N) is 4. The molecule has 0 saturated heterocycles. The number of furan rings is 1. The summed E-state index contributed by atoms with van der Waals surface area (Å²) in [5, 5.41) is 6.36. The van der Waals surface area contributed by atoms with Crippen LogP contribution in [0.25, 0.3) is 38.6 Å². The Morgan fingerprint density at radius 2 is 1.94 bits per heavy atom. The van der Waals surface area contributed by atoms with E-state index in [0.29, 0.717) is 18.1 Å². The van der Waals surface area contributed by atoms with E-state index in [2.05, 4.69) is 15.1 Å². The first kappa shape index (κ1) is 20.4. The summed E-state index contributed by atoms with van der Waals surface area (Å²) in [4.78, 5) is 9.92. The van der Waals surface area contributed by atoms with Crippen LogP contribution in [0.3, 0.4) is 0 Å². The van der Waals surface area contributed by atoms with Gasteiger partial charge in [-0.3, -0.25) is 4.98 Å². The van der Waals surface area contributed by atoms with Crippen molar-refractivity contribution >= 4 is 27.3 Å². The molecule has 34 heavy (non-hydrogen) atoms. The molecule has 0 atom stereocenters. The molecule has 6 rings (SSSR count). The number of aryl methyl sites for hydroxylation is 1. The maximum atomic E-state index is 6.17. The van der Waals surface area contributed by atoms with Gasteiger partial charge in [0.25, 0.3) is 0 Å². The minimum absolute atomic E-state index is 0.359. The zero-order valence-electron chi connectivity index (χ0n) is 18.6. The van der Waals surface area contributed by atoms with Gasteiger partial charge < -0.3 is 13.9 Å².